The van der Waals surface area contributed by atoms with Crippen LogP contribution in [-0.2, 0) is 6.54 Å². The molecule has 0 aliphatic heterocycles. The first-order valence-corrected chi connectivity index (χ1v) is 8.99. The second-order valence-corrected chi connectivity index (χ2v) is 6.15. The molecule has 0 unspecified atom stereocenters. The summed E-state index contributed by atoms with van der Waals surface area (Å²) in [5.74, 6) is 1.88. The topological polar surface area (TPSA) is 81.7 Å². The van der Waals surface area contributed by atoms with Crippen molar-refractivity contribution in [3.05, 3.63) is 72.1 Å². The van der Waals surface area contributed by atoms with Gasteiger partial charge in [0, 0.05) is 12.6 Å². The molecule has 2 N–H and O–H groups in total. The Balaban J connectivity index is 1.61. The number of nitrogens with zero attached hydrogens (tertiary/aromatic N) is 1. The van der Waals surface area contributed by atoms with Crippen LogP contribution in [0.1, 0.15) is 16.1 Å². The first-order chi connectivity index (χ1) is 14.1. The molecule has 0 bridgehead atoms. The lowest BCUT2D eigenvalue weighted by molar-refractivity contribution is 0.0946. The summed E-state index contributed by atoms with van der Waals surface area (Å²) in [5, 5.41) is 6.08. The third-order valence-corrected chi connectivity index (χ3v) is 4.30. The Morgan fingerprint density at radius 3 is 2.24 bits per heavy atom. The highest BCUT2D eigenvalue weighted by Gasteiger charge is 2.09. The van der Waals surface area contributed by atoms with Gasteiger partial charge in [-0.25, -0.2) is 4.98 Å². The third kappa shape index (κ3) is 5.16. The molecule has 0 radical (unpaired) electrons. The molecule has 0 aliphatic rings. The molecule has 7 nitrogen and oxygen atoms in total. The van der Waals surface area contributed by atoms with E-state index < -0.39 is 0 Å². The Morgan fingerprint density at radius 2 is 1.62 bits per heavy atom. The largest absolute Gasteiger partial charge is 0.497 e. The monoisotopic (exact) mass is 393 g/mol. The molecular formula is C22H23N3O4. The normalized spacial score (nSPS) is 10.2. The van der Waals surface area contributed by atoms with Crippen LogP contribution in [-0.4, -0.2) is 32.2 Å². The van der Waals surface area contributed by atoms with E-state index in [2.05, 4.69) is 15.6 Å². The molecule has 3 rings (SSSR count). The summed E-state index contributed by atoms with van der Waals surface area (Å²) >= 11 is 0. The van der Waals surface area contributed by atoms with Gasteiger partial charge >= 0.3 is 0 Å². The molecule has 7 heteroatoms. The standard InChI is InChI=1S/C22H23N3O4/c1-27-17-7-4-15(5-8-17)13-24-22(26)20-10-6-16(14-23-20)25-19-11-9-18(28-2)12-21(19)29-3/h4-12,14,25H,13H2,1-3H3,(H,24,26). The first kappa shape index (κ1) is 20.0. The number of anilines is 2. The maximum absolute atomic E-state index is 12.3. The molecule has 0 fully saturated rings. The van der Waals surface area contributed by atoms with Gasteiger partial charge < -0.3 is 24.8 Å². The van der Waals surface area contributed by atoms with Gasteiger partial charge in [-0.1, -0.05) is 12.1 Å². The van der Waals surface area contributed by atoms with E-state index in [-0.39, 0.29) is 5.91 Å². The van der Waals surface area contributed by atoms with Gasteiger partial charge in [0.15, 0.2) is 0 Å². The van der Waals surface area contributed by atoms with Crippen LogP contribution in [0.25, 0.3) is 0 Å². The molecule has 2 aromatic carbocycles. The number of hydrogen-bond acceptors (Lipinski definition) is 6. The Morgan fingerprint density at radius 1 is 0.897 bits per heavy atom. The van der Waals surface area contributed by atoms with Crippen LogP contribution in [0.4, 0.5) is 11.4 Å². The van der Waals surface area contributed by atoms with Crippen molar-refractivity contribution >= 4 is 17.3 Å². The zero-order valence-corrected chi connectivity index (χ0v) is 16.6. The quantitative estimate of drug-likeness (QED) is 0.606. The summed E-state index contributed by atoms with van der Waals surface area (Å²) < 4.78 is 15.7. The van der Waals surface area contributed by atoms with Gasteiger partial charge in [0.25, 0.3) is 5.91 Å². The lowest BCUT2D eigenvalue weighted by Gasteiger charge is -2.12. The third-order valence-electron chi connectivity index (χ3n) is 4.30. The predicted molar refractivity (Wildman–Crippen MR) is 111 cm³/mol. The van der Waals surface area contributed by atoms with Crippen molar-refractivity contribution in [3.8, 4) is 17.2 Å². The van der Waals surface area contributed by atoms with E-state index in [1.165, 1.54) is 0 Å². The number of pyridine rings is 1. The number of benzene rings is 2. The van der Waals surface area contributed by atoms with Crippen molar-refractivity contribution in [1.29, 1.82) is 0 Å². The summed E-state index contributed by atoms with van der Waals surface area (Å²) in [6.07, 6.45) is 1.60. The number of nitrogens with one attached hydrogen (secondary N) is 2. The molecule has 0 aliphatic carbocycles. The Labute approximate surface area is 169 Å². The smallest absolute Gasteiger partial charge is 0.270 e. The number of methoxy groups -OCH3 is 3. The van der Waals surface area contributed by atoms with Gasteiger partial charge in [0.2, 0.25) is 0 Å². The number of ether oxygens (including phenoxy) is 3. The minimum Gasteiger partial charge on any atom is -0.497 e. The van der Waals surface area contributed by atoms with Crippen LogP contribution < -0.4 is 24.8 Å². The average molecular weight is 393 g/mol. The Hall–Kier alpha value is -3.74. The highest BCUT2D eigenvalue weighted by molar-refractivity contribution is 5.92. The second-order valence-electron chi connectivity index (χ2n) is 6.15. The van der Waals surface area contributed by atoms with Gasteiger partial charge in [-0.2, -0.15) is 0 Å². The van der Waals surface area contributed by atoms with Gasteiger partial charge in [-0.15, -0.1) is 0 Å². The van der Waals surface area contributed by atoms with E-state index in [1.54, 1.807) is 45.7 Å². The average Bonchev–Trinajstić information content (AvgIpc) is 2.78. The lowest BCUT2D eigenvalue weighted by Crippen LogP contribution is -2.23. The van der Waals surface area contributed by atoms with E-state index in [4.69, 9.17) is 14.2 Å². The zero-order chi connectivity index (χ0) is 20.6. The van der Waals surface area contributed by atoms with E-state index in [9.17, 15) is 4.79 Å². The SMILES string of the molecule is COc1ccc(CNC(=O)c2ccc(Nc3ccc(OC)cc3OC)cn2)cc1. The fraction of sp³-hybridized carbons (Fsp3) is 0.182. The van der Waals surface area contributed by atoms with Gasteiger partial charge in [0.1, 0.15) is 22.9 Å². The number of hydrogen-bond donors (Lipinski definition) is 2. The highest BCUT2D eigenvalue weighted by Crippen LogP contribution is 2.31. The molecule has 1 amide bonds. The van der Waals surface area contributed by atoms with Crippen LogP contribution in [0.15, 0.2) is 60.8 Å². The molecule has 1 aromatic heterocycles. The van der Waals surface area contributed by atoms with E-state index in [0.717, 1.165) is 22.7 Å². The van der Waals surface area contributed by atoms with Crippen molar-refractivity contribution in [3.63, 3.8) is 0 Å². The number of carbonyl (C=O) groups excluding carboxylic acids is 1. The van der Waals surface area contributed by atoms with E-state index in [0.29, 0.717) is 23.7 Å². The predicted octanol–water partition coefficient (Wildman–Crippen LogP) is 3.78. The molecule has 150 valence electrons. The zero-order valence-electron chi connectivity index (χ0n) is 16.6. The van der Waals surface area contributed by atoms with Crippen LogP contribution >= 0.6 is 0 Å². The van der Waals surface area contributed by atoms with Crippen molar-refractivity contribution in [2.45, 2.75) is 6.54 Å². The van der Waals surface area contributed by atoms with Gasteiger partial charge in [0.05, 0.1) is 38.9 Å². The molecule has 29 heavy (non-hydrogen) atoms. The maximum atomic E-state index is 12.3. The molecule has 3 aromatic rings. The Kier molecular flexibility index (Phi) is 6.52. The summed E-state index contributed by atoms with van der Waals surface area (Å²) in [6, 6.07) is 16.5. The minimum atomic E-state index is -0.241. The van der Waals surface area contributed by atoms with Crippen molar-refractivity contribution in [1.82, 2.24) is 10.3 Å². The minimum absolute atomic E-state index is 0.241. The lowest BCUT2D eigenvalue weighted by atomic mass is 10.2. The van der Waals surface area contributed by atoms with Crippen molar-refractivity contribution < 1.29 is 19.0 Å². The molecule has 1 heterocycles. The number of rotatable bonds is 8. The van der Waals surface area contributed by atoms with Crippen molar-refractivity contribution in [2.75, 3.05) is 26.6 Å². The van der Waals surface area contributed by atoms with Crippen LogP contribution in [0, 0.1) is 0 Å². The number of amides is 1. The van der Waals surface area contributed by atoms with E-state index in [1.807, 2.05) is 36.4 Å². The first-order valence-electron chi connectivity index (χ1n) is 8.99. The fourth-order valence-corrected chi connectivity index (χ4v) is 2.68. The number of carbonyl (C=O) groups is 1. The summed E-state index contributed by atoms with van der Waals surface area (Å²) in [7, 11) is 4.81. The highest BCUT2D eigenvalue weighted by atomic mass is 16.5. The number of aromatic nitrogens is 1. The molecule has 0 saturated heterocycles. The molecule has 0 saturated carbocycles. The Bertz CT molecular complexity index is 957. The van der Waals surface area contributed by atoms with Gasteiger partial charge in [-0.05, 0) is 42.0 Å². The fourth-order valence-electron chi connectivity index (χ4n) is 2.68. The van der Waals surface area contributed by atoms with E-state index >= 15 is 0 Å². The van der Waals surface area contributed by atoms with Gasteiger partial charge in [-0.3, -0.25) is 4.79 Å². The maximum Gasteiger partial charge on any atom is 0.270 e. The summed E-state index contributed by atoms with van der Waals surface area (Å²) in [6.45, 7) is 0.410. The summed E-state index contributed by atoms with van der Waals surface area (Å²) in [4.78, 5) is 16.6. The van der Waals surface area contributed by atoms with Crippen LogP contribution in [0.5, 0.6) is 17.2 Å². The van der Waals surface area contributed by atoms with Crippen molar-refractivity contribution in [2.24, 2.45) is 0 Å². The molecule has 0 atom stereocenters. The van der Waals surface area contributed by atoms with Crippen LogP contribution in [0.2, 0.25) is 0 Å². The second kappa shape index (κ2) is 9.45. The summed E-state index contributed by atoms with van der Waals surface area (Å²) in [5.41, 5.74) is 2.82. The molecule has 0 spiro atoms. The molecular weight excluding hydrogens is 370 g/mol. The van der Waals surface area contributed by atoms with Crippen LogP contribution in [0.3, 0.4) is 0 Å².